The van der Waals surface area contributed by atoms with E-state index >= 15 is 4.39 Å². The first kappa shape index (κ1) is 40.3. The molecule has 300 valence electrons. The van der Waals surface area contributed by atoms with Crippen molar-refractivity contribution < 1.29 is 55.9 Å². The maximum Gasteiger partial charge on any atom is 0.695 e. The summed E-state index contributed by atoms with van der Waals surface area (Å²) in [5.74, 6) is -2.69. The highest BCUT2D eigenvalue weighted by molar-refractivity contribution is 7.48. The van der Waals surface area contributed by atoms with E-state index in [0.29, 0.717) is 5.56 Å². The number of nitriles is 1. The second-order valence-corrected chi connectivity index (χ2v) is 15.4. The number of aromatic amines is 1. The number of aliphatic hydroxyl groups is 1. The highest BCUT2D eigenvalue weighted by Crippen LogP contribution is 2.56. The third-order valence-corrected chi connectivity index (χ3v) is 11.5. The quantitative estimate of drug-likeness (QED) is 0.0868. The molecule has 4 aromatic heterocycles. The molecule has 10 atom stereocenters. The number of carbonyl (C=O) groups is 1. The average molecular weight is 831 g/mol. The predicted octanol–water partition coefficient (Wildman–Crippen LogP) is 3.49. The fraction of sp³-hybridized carbons (Fsp3) is 0.424. The summed E-state index contributed by atoms with van der Waals surface area (Å²) in [7, 11) is -7.94. The van der Waals surface area contributed by atoms with Crippen LogP contribution in [0.3, 0.4) is 0 Å². The van der Waals surface area contributed by atoms with Gasteiger partial charge < -0.3 is 29.4 Å². The van der Waals surface area contributed by atoms with E-state index in [4.69, 9.17) is 27.6 Å². The summed E-state index contributed by atoms with van der Waals surface area (Å²) in [6.45, 7) is 1.72. The van der Waals surface area contributed by atoms with E-state index < -0.39 is 102 Å². The number of fused-ring (bicyclic) bond motifs is 2. The van der Waals surface area contributed by atoms with E-state index in [1.54, 1.807) is 44.2 Å². The van der Waals surface area contributed by atoms with Crippen LogP contribution in [0.25, 0.3) is 22.2 Å². The van der Waals surface area contributed by atoms with Crippen LogP contribution in [0.4, 0.5) is 10.2 Å². The van der Waals surface area contributed by atoms with Crippen LogP contribution in [0, 0.1) is 29.0 Å². The number of amides is 1. The Bertz CT molecular complexity index is 2430. The van der Waals surface area contributed by atoms with Crippen LogP contribution >= 0.6 is 16.1 Å². The van der Waals surface area contributed by atoms with Crippen LogP contribution in [0.15, 0.2) is 60.3 Å². The number of halogens is 1. The lowest BCUT2D eigenvalue weighted by atomic mass is 10.0. The molecule has 1 amide bonds. The summed E-state index contributed by atoms with van der Waals surface area (Å²) in [4.78, 5) is 54.4. The van der Waals surface area contributed by atoms with Crippen molar-refractivity contribution in [2.45, 2.75) is 57.1 Å². The topological polar surface area (TPSA) is 277 Å². The standard InChI is InChI=1S/C33H34FN9O12P2/c1-17-21(12-44)52-33(42-11-20(34)23-28(42)37-15-39-31(23)46)26(17)55-57(49,50-10-6-9-35)51-13-22-25(54-56(47)48)18(2)32(53-22)43-16-40-24-27(36-14-38-29(24)43)41-30(45)19-7-4-3-5-8-19/h3-5,7-8,11,14-18,21-22,25-26,32-33,44H,6,10,12-13H2,1-2H3,(H2-,36,37,38,39,41,45,46,47,48)/p+1/t17-,18-,21-,22-,25+,26-,32-,33-,57?/m1/s1. The van der Waals surface area contributed by atoms with Gasteiger partial charge in [0, 0.05) is 28.2 Å². The van der Waals surface area contributed by atoms with Crippen molar-refractivity contribution in [3.63, 3.8) is 0 Å². The van der Waals surface area contributed by atoms with Crippen LogP contribution < -0.4 is 10.9 Å². The van der Waals surface area contributed by atoms with Crippen LogP contribution in [0.2, 0.25) is 0 Å². The van der Waals surface area contributed by atoms with Gasteiger partial charge in [-0.05, 0) is 12.1 Å². The number of hydrogen-bond acceptors (Lipinski definition) is 16. The molecule has 6 heterocycles. The number of benzene rings is 1. The molecule has 0 radical (unpaired) electrons. The maximum atomic E-state index is 15.0. The van der Waals surface area contributed by atoms with E-state index in [1.807, 2.05) is 6.07 Å². The Morgan fingerprint density at radius 3 is 2.58 bits per heavy atom. The minimum Gasteiger partial charge on any atom is -0.394 e. The summed E-state index contributed by atoms with van der Waals surface area (Å²) < 4.78 is 79.2. The SMILES string of the molecule is C[C@@H]1[C@H](O[P+](=O)O)[C@@H](COP(=O)(OCCC#N)O[C@@H]2[C@H](C)[C@@H](CO)O[C@H]2n2cc(F)c3c(=O)[nH]cnc32)O[C@H]1n1cnc2c(NC(=O)c3ccccc3)ncnc21. The van der Waals surface area contributed by atoms with E-state index in [1.165, 1.54) is 21.8 Å². The van der Waals surface area contributed by atoms with Gasteiger partial charge in [-0.25, -0.2) is 28.9 Å². The molecule has 24 heteroatoms. The minimum atomic E-state index is -4.75. The largest absolute Gasteiger partial charge is 0.695 e. The second-order valence-electron chi connectivity index (χ2n) is 13.1. The Morgan fingerprint density at radius 1 is 1.07 bits per heavy atom. The molecule has 4 N–H and O–H groups in total. The van der Waals surface area contributed by atoms with E-state index in [0.717, 1.165) is 12.5 Å². The number of phosphoric ester groups is 1. The fourth-order valence-electron chi connectivity index (χ4n) is 6.79. The molecule has 2 saturated heterocycles. The first-order valence-electron chi connectivity index (χ1n) is 17.4. The Balaban J connectivity index is 1.15. The Kier molecular flexibility index (Phi) is 11.9. The number of anilines is 1. The Hall–Kier alpha value is -4.91. The number of nitrogens with zero attached hydrogens (tertiary/aromatic N) is 7. The molecule has 0 spiro atoms. The fourth-order valence-corrected chi connectivity index (χ4v) is 8.76. The molecule has 21 nitrogen and oxygen atoms in total. The molecular weight excluding hydrogens is 795 g/mol. The molecule has 1 aromatic carbocycles. The molecule has 0 aliphatic carbocycles. The van der Waals surface area contributed by atoms with Gasteiger partial charge in [-0.2, -0.15) is 5.26 Å². The van der Waals surface area contributed by atoms with Crippen LogP contribution in [0.1, 0.15) is 43.1 Å². The van der Waals surface area contributed by atoms with Gasteiger partial charge in [0.25, 0.3) is 11.5 Å². The van der Waals surface area contributed by atoms with Crippen molar-refractivity contribution in [1.29, 1.82) is 5.26 Å². The molecule has 2 unspecified atom stereocenters. The third kappa shape index (κ3) is 8.13. The van der Waals surface area contributed by atoms with Gasteiger partial charge in [0.1, 0.15) is 30.1 Å². The number of imidazole rings is 1. The number of aliphatic hydroxyl groups excluding tert-OH is 1. The zero-order chi connectivity index (χ0) is 40.4. The Labute approximate surface area is 322 Å². The third-order valence-electron chi connectivity index (χ3n) is 9.60. The maximum absolute atomic E-state index is 15.0. The summed E-state index contributed by atoms with van der Waals surface area (Å²) in [5.41, 5.74) is -0.0513. The van der Waals surface area contributed by atoms with Crippen molar-refractivity contribution in [3.8, 4) is 6.07 Å². The molecule has 0 saturated carbocycles. The number of aromatic nitrogens is 7. The predicted molar refractivity (Wildman–Crippen MR) is 193 cm³/mol. The number of H-pyrrole nitrogens is 1. The van der Waals surface area contributed by atoms with Crippen molar-refractivity contribution in [2.75, 3.05) is 25.1 Å². The van der Waals surface area contributed by atoms with Gasteiger partial charge in [-0.3, -0.25) is 27.7 Å². The lowest BCUT2D eigenvalue weighted by molar-refractivity contribution is -0.0610. The molecule has 7 rings (SSSR count). The Morgan fingerprint density at radius 2 is 1.84 bits per heavy atom. The minimum absolute atomic E-state index is 0.113. The van der Waals surface area contributed by atoms with Crippen LogP contribution in [-0.2, 0) is 36.7 Å². The first-order chi connectivity index (χ1) is 27.4. The summed E-state index contributed by atoms with van der Waals surface area (Å²) >= 11 is 0. The lowest BCUT2D eigenvalue weighted by Crippen LogP contribution is -2.32. The van der Waals surface area contributed by atoms with Crippen molar-refractivity contribution in [1.82, 2.24) is 34.1 Å². The number of carbonyl (C=O) groups excluding carboxylic acids is 1. The number of nitrogens with one attached hydrogen (secondary N) is 2. The van der Waals surface area contributed by atoms with Crippen molar-refractivity contribution in [3.05, 3.63) is 77.2 Å². The monoisotopic (exact) mass is 830 g/mol. The van der Waals surface area contributed by atoms with E-state index in [2.05, 4.69) is 30.2 Å². The molecule has 0 bridgehead atoms. The molecular formula is C33H35FN9O12P2+. The number of hydrogen-bond donors (Lipinski definition) is 4. The van der Waals surface area contributed by atoms with Gasteiger partial charge in [0.05, 0.1) is 51.1 Å². The molecule has 2 aliphatic rings. The summed E-state index contributed by atoms with van der Waals surface area (Å²) in [6, 6.07) is 10.3. The number of phosphoric acid groups is 1. The number of ether oxygens (including phenoxy) is 2. The van der Waals surface area contributed by atoms with Gasteiger partial charge in [0.2, 0.25) is 0 Å². The molecule has 57 heavy (non-hydrogen) atoms. The lowest BCUT2D eigenvalue weighted by Gasteiger charge is -2.28. The smallest absolute Gasteiger partial charge is 0.394 e. The zero-order valence-electron chi connectivity index (χ0n) is 30.0. The second kappa shape index (κ2) is 16.9. The number of rotatable bonds is 15. The van der Waals surface area contributed by atoms with Crippen LogP contribution in [-0.4, -0.2) is 94.2 Å². The average Bonchev–Trinajstić information content (AvgIpc) is 3.94. The van der Waals surface area contributed by atoms with E-state index in [9.17, 15) is 34.0 Å². The van der Waals surface area contributed by atoms with E-state index in [-0.39, 0.29) is 34.4 Å². The first-order valence-corrected chi connectivity index (χ1v) is 20.0. The highest BCUT2D eigenvalue weighted by atomic mass is 31.2. The molecule has 2 fully saturated rings. The van der Waals surface area contributed by atoms with Gasteiger partial charge in [-0.15, -0.1) is 9.42 Å². The van der Waals surface area contributed by atoms with Gasteiger partial charge in [0.15, 0.2) is 40.8 Å². The normalized spacial score (nSPS) is 26.1. The summed E-state index contributed by atoms with van der Waals surface area (Å²) in [5, 5.41) is 21.6. The van der Waals surface area contributed by atoms with Crippen molar-refractivity contribution >= 4 is 50.0 Å². The summed E-state index contributed by atoms with van der Waals surface area (Å²) in [6.07, 6.45) is -2.46. The van der Waals surface area contributed by atoms with Gasteiger partial charge >= 0.3 is 16.1 Å². The molecule has 2 aliphatic heterocycles. The molecule has 5 aromatic rings. The van der Waals surface area contributed by atoms with Crippen LogP contribution in [0.5, 0.6) is 0 Å². The van der Waals surface area contributed by atoms with Gasteiger partial charge in [-0.1, -0.05) is 32.0 Å². The zero-order valence-corrected chi connectivity index (χ0v) is 31.8. The van der Waals surface area contributed by atoms with Crippen molar-refractivity contribution in [2.24, 2.45) is 11.8 Å². The highest BCUT2D eigenvalue weighted by Gasteiger charge is 2.52.